The molecule has 0 nitrogen and oxygen atoms in total. The van der Waals surface area contributed by atoms with Crippen LogP contribution in [0.5, 0.6) is 0 Å². The molecule has 1 heteroatoms. The highest BCUT2D eigenvalue weighted by Crippen LogP contribution is 2.24. The maximum Gasteiger partial charge on any atom is 0.0160 e. The van der Waals surface area contributed by atoms with Gasteiger partial charge in [0.2, 0.25) is 0 Å². The molecule has 0 aromatic heterocycles. The molecule has 0 unspecified atom stereocenters. The largest absolute Gasteiger partial charge is 0.175 e. The van der Waals surface area contributed by atoms with Crippen LogP contribution in [0, 0.1) is 0 Å². The van der Waals surface area contributed by atoms with E-state index in [2.05, 4.69) is 61.2 Å². The molecule has 0 aliphatic carbocycles. The van der Waals surface area contributed by atoms with Crippen molar-refractivity contribution in [3.05, 3.63) is 60.2 Å². The summed E-state index contributed by atoms with van der Waals surface area (Å²) in [7, 11) is 0. The summed E-state index contributed by atoms with van der Waals surface area (Å²) in [5, 5.41) is 0. The number of hydrogen-bond acceptors (Lipinski definition) is 1. The van der Waals surface area contributed by atoms with Gasteiger partial charge in [0, 0.05) is 5.75 Å². The molecule has 0 bridgehead atoms. The molecular weight excluding hydrogens is 188 g/mol. The van der Waals surface area contributed by atoms with Crippen molar-refractivity contribution in [3.63, 3.8) is 0 Å². The molecule has 2 rings (SSSR count). The van der Waals surface area contributed by atoms with Crippen LogP contribution in [0.2, 0.25) is 0 Å². The SMILES string of the molecule is SCc1ccccc1-c1ccccc1. The number of benzene rings is 2. The van der Waals surface area contributed by atoms with Gasteiger partial charge in [-0.2, -0.15) is 12.6 Å². The molecule has 0 spiro atoms. The van der Waals surface area contributed by atoms with E-state index in [1.165, 1.54) is 16.7 Å². The van der Waals surface area contributed by atoms with Gasteiger partial charge in [-0.15, -0.1) is 0 Å². The summed E-state index contributed by atoms with van der Waals surface area (Å²) in [6.07, 6.45) is 0. The Bertz CT molecular complexity index is 407. The van der Waals surface area contributed by atoms with Crippen LogP contribution in [-0.4, -0.2) is 0 Å². The van der Waals surface area contributed by atoms with Crippen molar-refractivity contribution < 1.29 is 0 Å². The standard InChI is InChI=1S/C13H12S/c14-10-12-8-4-5-9-13(12)11-6-2-1-3-7-11/h1-9,14H,10H2. The van der Waals surface area contributed by atoms with Gasteiger partial charge in [0.05, 0.1) is 0 Å². The highest BCUT2D eigenvalue weighted by Gasteiger charge is 2.00. The molecule has 0 atom stereocenters. The molecular formula is C13H12S. The zero-order valence-corrected chi connectivity index (χ0v) is 8.74. The van der Waals surface area contributed by atoms with Crippen molar-refractivity contribution in [1.82, 2.24) is 0 Å². The number of thiol groups is 1. The molecule has 2 aromatic carbocycles. The average molecular weight is 200 g/mol. The zero-order valence-electron chi connectivity index (χ0n) is 7.85. The maximum atomic E-state index is 4.33. The molecule has 0 fully saturated rings. The first kappa shape index (κ1) is 9.35. The van der Waals surface area contributed by atoms with E-state index in [4.69, 9.17) is 0 Å². The Labute approximate surface area is 90.0 Å². The molecule has 70 valence electrons. The topological polar surface area (TPSA) is 0 Å². The second kappa shape index (κ2) is 4.34. The van der Waals surface area contributed by atoms with Gasteiger partial charge in [0.15, 0.2) is 0 Å². The van der Waals surface area contributed by atoms with Crippen LogP contribution in [0.25, 0.3) is 11.1 Å². The van der Waals surface area contributed by atoms with Gasteiger partial charge in [-0.1, -0.05) is 54.6 Å². The summed E-state index contributed by atoms with van der Waals surface area (Å²) in [5.74, 6) is 0.783. The van der Waals surface area contributed by atoms with E-state index < -0.39 is 0 Å². The highest BCUT2D eigenvalue weighted by atomic mass is 32.1. The molecule has 0 saturated carbocycles. The molecule has 0 heterocycles. The summed E-state index contributed by atoms with van der Waals surface area (Å²) >= 11 is 4.33. The van der Waals surface area contributed by atoms with Crippen LogP contribution >= 0.6 is 12.6 Å². The van der Waals surface area contributed by atoms with Gasteiger partial charge in [-0.05, 0) is 16.7 Å². The lowest BCUT2D eigenvalue weighted by Crippen LogP contribution is -1.84. The van der Waals surface area contributed by atoms with Crippen LogP contribution in [0.15, 0.2) is 54.6 Å². The summed E-state index contributed by atoms with van der Waals surface area (Å²) in [4.78, 5) is 0. The van der Waals surface area contributed by atoms with E-state index in [0.29, 0.717) is 0 Å². The van der Waals surface area contributed by atoms with E-state index in [1.807, 2.05) is 6.07 Å². The quantitative estimate of drug-likeness (QED) is 0.701. The fraction of sp³-hybridized carbons (Fsp3) is 0.0769. The predicted molar refractivity (Wildman–Crippen MR) is 64.6 cm³/mol. The van der Waals surface area contributed by atoms with Crippen LogP contribution in [0.1, 0.15) is 5.56 Å². The van der Waals surface area contributed by atoms with Crippen molar-refractivity contribution >= 4 is 12.6 Å². The van der Waals surface area contributed by atoms with Crippen molar-refractivity contribution in [2.75, 3.05) is 0 Å². The van der Waals surface area contributed by atoms with Crippen molar-refractivity contribution in [3.8, 4) is 11.1 Å². The third kappa shape index (κ3) is 1.83. The Balaban J connectivity index is 2.51. The van der Waals surface area contributed by atoms with Crippen LogP contribution in [0.3, 0.4) is 0 Å². The Morgan fingerprint density at radius 3 is 2.14 bits per heavy atom. The van der Waals surface area contributed by atoms with Crippen molar-refractivity contribution in [1.29, 1.82) is 0 Å². The summed E-state index contributed by atoms with van der Waals surface area (Å²) in [5.41, 5.74) is 3.82. The minimum atomic E-state index is 0.783. The molecule has 0 saturated heterocycles. The lowest BCUT2D eigenvalue weighted by atomic mass is 10.0. The smallest absolute Gasteiger partial charge is 0.0160 e. The van der Waals surface area contributed by atoms with Crippen LogP contribution < -0.4 is 0 Å². The predicted octanol–water partition coefficient (Wildman–Crippen LogP) is 3.78. The van der Waals surface area contributed by atoms with Gasteiger partial charge in [-0.3, -0.25) is 0 Å². The third-order valence-corrected chi connectivity index (χ3v) is 2.61. The zero-order chi connectivity index (χ0) is 9.80. The third-order valence-electron chi connectivity index (χ3n) is 2.27. The molecule has 0 amide bonds. The van der Waals surface area contributed by atoms with Gasteiger partial charge >= 0.3 is 0 Å². The normalized spacial score (nSPS) is 10.1. The lowest BCUT2D eigenvalue weighted by molar-refractivity contribution is 1.42. The Morgan fingerprint density at radius 2 is 1.43 bits per heavy atom. The minimum Gasteiger partial charge on any atom is -0.175 e. The average Bonchev–Trinajstić information content (AvgIpc) is 2.30. The van der Waals surface area contributed by atoms with Gasteiger partial charge < -0.3 is 0 Å². The lowest BCUT2D eigenvalue weighted by Gasteiger charge is -2.06. The van der Waals surface area contributed by atoms with Crippen molar-refractivity contribution in [2.45, 2.75) is 5.75 Å². The summed E-state index contributed by atoms with van der Waals surface area (Å²) in [6.45, 7) is 0. The first-order valence-corrected chi connectivity index (χ1v) is 5.29. The fourth-order valence-electron chi connectivity index (χ4n) is 1.56. The van der Waals surface area contributed by atoms with E-state index in [1.54, 1.807) is 0 Å². The van der Waals surface area contributed by atoms with Gasteiger partial charge in [0.25, 0.3) is 0 Å². The molecule has 0 N–H and O–H groups in total. The van der Waals surface area contributed by atoms with E-state index in [9.17, 15) is 0 Å². The maximum absolute atomic E-state index is 4.33. The van der Waals surface area contributed by atoms with E-state index >= 15 is 0 Å². The highest BCUT2D eigenvalue weighted by molar-refractivity contribution is 7.79. The number of hydrogen-bond donors (Lipinski definition) is 1. The summed E-state index contributed by atoms with van der Waals surface area (Å²) in [6, 6.07) is 18.8. The van der Waals surface area contributed by atoms with E-state index in [0.717, 1.165) is 5.75 Å². The summed E-state index contributed by atoms with van der Waals surface area (Å²) < 4.78 is 0. The van der Waals surface area contributed by atoms with E-state index in [-0.39, 0.29) is 0 Å². The van der Waals surface area contributed by atoms with Crippen molar-refractivity contribution in [2.24, 2.45) is 0 Å². The second-order valence-electron chi connectivity index (χ2n) is 3.18. The van der Waals surface area contributed by atoms with Gasteiger partial charge in [0.1, 0.15) is 0 Å². The molecule has 14 heavy (non-hydrogen) atoms. The first-order chi connectivity index (χ1) is 6.92. The molecule has 0 aliphatic rings. The fourth-order valence-corrected chi connectivity index (χ4v) is 1.83. The minimum absolute atomic E-state index is 0.783. The molecule has 2 aromatic rings. The van der Waals surface area contributed by atoms with Crippen LogP contribution in [-0.2, 0) is 5.75 Å². The molecule has 0 aliphatic heterocycles. The monoisotopic (exact) mass is 200 g/mol. The second-order valence-corrected chi connectivity index (χ2v) is 3.50. The molecule has 0 radical (unpaired) electrons. The Morgan fingerprint density at radius 1 is 0.786 bits per heavy atom. The van der Waals surface area contributed by atoms with Crippen LogP contribution in [0.4, 0.5) is 0 Å². The van der Waals surface area contributed by atoms with Gasteiger partial charge in [-0.25, -0.2) is 0 Å². The first-order valence-electron chi connectivity index (χ1n) is 4.66. The Kier molecular flexibility index (Phi) is 2.90. The Hall–Kier alpha value is -1.21. The number of rotatable bonds is 2.